The molecule has 0 saturated carbocycles. The topological polar surface area (TPSA) is 3.24 Å². The first-order valence-corrected chi connectivity index (χ1v) is 12.2. The van der Waals surface area contributed by atoms with E-state index in [9.17, 15) is 0 Å². The van der Waals surface area contributed by atoms with Crippen molar-refractivity contribution in [3.8, 4) is 0 Å². The second kappa shape index (κ2) is 10.8. The quantitative estimate of drug-likeness (QED) is 0.207. The highest BCUT2D eigenvalue weighted by Gasteiger charge is 2.18. The SMILES string of the molecule is C=Cc1ccc(C(c2ccccc2)c2ccc(N(c3ccccc3)c3ccc(C=C)cc3)cc2)cc1. The zero-order valence-electron chi connectivity index (χ0n) is 20.3. The zero-order chi connectivity index (χ0) is 24.7. The summed E-state index contributed by atoms with van der Waals surface area (Å²) in [6.07, 6.45) is 3.76. The van der Waals surface area contributed by atoms with E-state index in [4.69, 9.17) is 0 Å². The number of benzene rings is 5. The molecule has 0 spiro atoms. The van der Waals surface area contributed by atoms with Crippen LogP contribution in [-0.4, -0.2) is 0 Å². The van der Waals surface area contributed by atoms with Crippen molar-refractivity contribution < 1.29 is 0 Å². The van der Waals surface area contributed by atoms with Gasteiger partial charge in [-0.05, 0) is 64.2 Å². The van der Waals surface area contributed by atoms with Crippen molar-refractivity contribution in [2.75, 3.05) is 4.90 Å². The van der Waals surface area contributed by atoms with Crippen molar-refractivity contribution in [3.63, 3.8) is 0 Å². The van der Waals surface area contributed by atoms with E-state index >= 15 is 0 Å². The van der Waals surface area contributed by atoms with Crippen molar-refractivity contribution >= 4 is 29.2 Å². The van der Waals surface area contributed by atoms with Gasteiger partial charge in [0.25, 0.3) is 0 Å². The number of rotatable bonds is 8. The molecule has 0 fully saturated rings. The molecule has 1 nitrogen and oxygen atoms in total. The molecule has 174 valence electrons. The summed E-state index contributed by atoms with van der Waals surface area (Å²) in [5, 5.41) is 0. The number of hydrogen-bond acceptors (Lipinski definition) is 1. The van der Waals surface area contributed by atoms with Crippen LogP contribution in [0.1, 0.15) is 33.7 Å². The van der Waals surface area contributed by atoms with Gasteiger partial charge >= 0.3 is 0 Å². The summed E-state index contributed by atoms with van der Waals surface area (Å²) in [4.78, 5) is 2.28. The number of para-hydroxylation sites is 1. The van der Waals surface area contributed by atoms with Gasteiger partial charge in [0.05, 0.1) is 0 Å². The molecule has 0 aliphatic carbocycles. The fourth-order valence-electron chi connectivity index (χ4n) is 4.65. The molecule has 1 atom stereocenters. The summed E-state index contributed by atoms with van der Waals surface area (Å²) in [7, 11) is 0. The van der Waals surface area contributed by atoms with Gasteiger partial charge < -0.3 is 4.90 Å². The van der Waals surface area contributed by atoms with Crippen molar-refractivity contribution in [2.24, 2.45) is 0 Å². The third kappa shape index (κ3) is 4.92. The molecule has 0 heterocycles. The van der Waals surface area contributed by atoms with Crippen molar-refractivity contribution in [3.05, 3.63) is 174 Å². The maximum atomic E-state index is 3.90. The van der Waals surface area contributed by atoms with Gasteiger partial charge in [0, 0.05) is 23.0 Å². The minimum Gasteiger partial charge on any atom is -0.311 e. The highest BCUT2D eigenvalue weighted by Crippen LogP contribution is 2.37. The van der Waals surface area contributed by atoms with Crippen LogP contribution in [0.25, 0.3) is 12.2 Å². The Hall–Kier alpha value is -4.62. The average Bonchev–Trinajstić information content (AvgIpc) is 2.96. The van der Waals surface area contributed by atoms with E-state index in [0.29, 0.717) is 0 Å². The van der Waals surface area contributed by atoms with Crippen molar-refractivity contribution in [1.29, 1.82) is 0 Å². The number of hydrogen-bond donors (Lipinski definition) is 0. The van der Waals surface area contributed by atoms with Gasteiger partial charge in [-0.2, -0.15) is 0 Å². The van der Waals surface area contributed by atoms with E-state index in [-0.39, 0.29) is 5.92 Å². The normalized spacial score (nSPS) is 11.4. The molecular formula is C35H29N. The van der Waals surface area contributed by atoms with E-state index in [1.165, 1.54) is 16.7 Å². The Bertz CT molecular complexity index is 1300. The van der Waals surface area contributed by atoms with E-state index in [1.807, 2.05) is 18.2 Å². The Morgan fingerprint density at radius 3 is 1.28 bits per heavy atom. The first kappa shape index (κ1) is 23.1. The number of nitrogens with zero attached hydrogens (tertiary/aromatic N) is 1. The van der Waals surface area contributed by atoms with Gasteiger partial charge in [0.2, 0.25) is 0 Å². The van der Waals surface area contributed by atoms with Gasteiger partial charge in [-0.3, -0.25) is 0 Å². The maximum Gasteiger partial charge on any atom is 0.0462 e. The third-order valence-corrected chi connectivity index (χ3v) is 6.52. The summed E-state index contributed by atoms with van der Waals surface area (Å²) in [5.41, 5.74) is 9.38. The fraction of sp³-hybridized carbons (Fsp3) is 0.0286. The standard InChI is InChI=1S/C35H29N/c1-3-27-15-19-30(20-16-27)35(29-11-7-5-8-12-29)31-21-25-34(26-22-31)36(32-13-9-6-10-14-32)33-23-17-28(4-2)18-24-33/h3-26,35H,1-2H2. The molecule has 5 aromatic carbocycles. The minimum atomic E-state index is 0.149. The molecule has 0 aromatic heterocycles. The fourth-order valence-corrected chi connectivity index (χ4v) is 4.65. The van der Waals surface area contributed by atoms with Crippen LogP contribution < -0.4 is 4.90 Å². The van der Waals surface area contributed by atoms with Gasteiger partial charge in [-0.25, -0.2) is 0 Å². The third-order valence-electron chi connectivity index (χ3n) is 6.52. The van der Waals surface area contributed by atoms with Crippen LogP contribution in [0.2, 0.25) is 0 Å². The Morgan fingerprint density at radius 1 is 0.417 bits per heavy atom. The zero-order valence-corrected chi connectivity index (χ0v) is 20.3. The minimum absolute atomic E-state index is 0.149. The largest absolute Gasteiger partial charge is 0.311 e. The van der Waals surface area contributed by atoms with Crippen LogP contribution in [-0.2, 0) is 0 Å². The lowest BCUT2D eigenvalue weighted by atomic mass is 9.85. The smallest absolute Gasteiger partial charge is 0.0462 e. The molecule has 36 heavy (non-hydrogen) atoms. The summed E-state index contributed by atoms with van der Waals surface area (Å²) in [5.74, 6) is 0.149. The van der Waals surface area contributed by atoms with Crippen LogP contribution in [0, 0.1) is 0 Å². The lowest BCUT2D eigenvalue weighted by Crippen LogP contribution is -2.10. The highest BCUT2D eigenvalue weighted by molar-refractivity contribution is 5.77. The van der Waals surface area contributed by atoms with E-state index in [0.717, 1.165) is 28.2 Å². The predicted octanol–water partition coefficient (Wildman–Crippen LogP) is 9.62. The molecule has 1 unspecified atom stereocenters. The van der Waals surface area contributed by atoms with Crippen LogP contribution in [0.4, 0.5) is 17.1 Å². The van der Waals surface area contributed by atoms with E-state index in [2.05, 4.69) is 145 Å². The Kier molecular flexibility index (Phi) is 6.91. The second-order valence-electron chi connectivity index (χ2n) is 8.77. The Balaban J connectivity index is 1.56. The van der Waals surface area contributed by atoms with E-state index < -0.39 is 0 Å². The summed E-state index contributed by atoms with van der Waals surface area (Å²) >= 11 is 0. The molecule has 0 saturated heterocycles. The van der Waals surface area contributed by atoms with Crippen molar-refractivity contribution in [2.45, 2.75) is 5.92 Å². The second-order valence-corrected chi connectivity index (χ2v) is 8.77. The lowest BCUT2D eigenvalue weighted by Gasteiger charge is -2.26. The molecule has 0 amide bonds. The molecule has 0 radical (unpaired) electrons. The monoisotopic (exact) mass is 463 g/mol. The molecule has 0 aliphatic rings. The van der Waals surface area contributed by atoms with Crippen LogP contribution >= 0.6 is 0 Å². The molecule has 5 aromatic rings. The van der Waals surface area contributed by atoms with Gasteiger partial charge in [0.1, 0.15) is 0 Å². The van der Waals surface area contributed by atoms with Crippen LogP contribution in [0.15, 0.2) is 147 Å². The summed E-state index contributed by atoms with van der Waals surface area (Å²) in [6, 6.07) is 47.3. The summed E-state index contributed by atoms with van der Waals surface area (Å²) in [6.45, 7) is 7.79. The molecule has 0 bridgehead atoms. The Morgan fingerprint density at radius 2 is 0.778 bits per heavy atom. The van der Waals surface area contributed by atoms with Crippen LogP contribution in [0.3, 0.4) is 0 Å². The van der Waals surface area contributed by atoms with E-state index in [1.54, 1.807) is 0 Å². The molecular weight excluding hydrogens is 434 g/mol. The Labute approximate surface area is 214 Å². The van der Waals surface area contributed by atoms with Crippen molar-refractivity contribution in [1.82, 2.24) is 0 Å². The first-order valence-electron chi connectivity index (χ1n) is 12.2. The van der Waals surface area contributed by atoms with Gasteiger partial charge in [-0.1, -0.05) is 122 Å². The molecule has 1 heteroatoms. The van der Waals surface area contributed by atoms with Gasteiger partial charge in [-0.15, -0.1) is 0 Å². The molecule has 5 rings (SSSR count). The average molecular weight is 464 g/mol. The van der Waals surface area contributed by atoms with Gasteiger partial charge in [0.15, 0.2) is 0 Å². The predicted molar refractivity (Wildman–Crippen MR) is 155 cm³/mol. The molecule has 0 N–H and O–H groups in total. The highest BCUT2D eigenvalue weighted by atomic mass is 15.1. The summed E-state index contributed by atoms with van der Waals surface area (Å²) < 4.78 is 0. The maximum absolute atomic E-state index is 3.90. The van der Waals surface area contributed by atoms with Crippen LogP contribution in [0.5, 0.6) is 0 Å². The lowest BCUT2D eigenvalue weighted by molar-refractivity contribution is 0.976. The molecule has 0 aliphatic heterocycles. The first-order chi connectivity index (χ1) is 17.8. The number of anilines is 3.